The Bertz CT molecular complexity index is 287. The summed E-state index contributed by atoms with van der Waals surface area (Å²) in [7, 11) is 0. The predicted octanol–water partition coefficient (Wildman–Crippen LogP) is 1.86. The highest BCUT2D eigenvalue weighted by molar-refractivity contribution is 4.96. The summed E-state index contributed by atoms with van der Waals surface area (Å²) in [5.74, 6) is 2.46. The van der Waals surface area contributed by atoms with Gasteiger partial charge in [0.15, 0.2) is 0 Å². The maximum Gasteiger partial charge on any atom is 0.0546 e. The highest BCUT2D eigenvalue weighted by Gasteiger charge is 2.40. The fraction of sp³-hybridized carbons (Fsp3) is 1.00. The Morgan fingerprint density at radius 3 is 2.32 bits per heavy atom. The second-order valence-electron chi connectivity index (χ2n) is 7.42. The molecule has 2 unspecified atom stereocenters. The first-order chi connectivity index (χ1) is 9.13. The lowest BCUT2D eigenvalue weighted by Crippen LogP contribution is -2.59. The number of hydrogen-bond donors (Lipinski definition) is 2. The number of fused-ring (bicyclic) bond motifs is 2. The van der Waals surface area contributed by atoms with Gasteiger partial charge >= 0.3 is 0 Å². The Morgan fingerprint density at radius 1 is 1.16 bits per heavy atom. The first-order valence-corrected chi connectivity index (χ1v) is 8.29. The Labute approximate surface area is 117 Å². The van der Waals surface area contributed by atoms with Crippen molar-refractivity contribution in [3.05, 3.63) is 0 Å². The molecule has 0 aromatic carbocycles. The summed E-state index contributed by atoms with van der Waals surface area (Å²) >= 11 is 0. The molecule has 0 spiro atoms. The highest BCUT2D eigenvalue weighted by atomic mass is 16.3. The van der Waals surface area contributed by atoms with Crippen molar-refractivity contribution in [2.24, 2.45) is 17.8 Å². The van der Waals surface area contributed by atoms with Crippen molar-refractivity contribution in [2.75, 3.05) is 19.6 Å². The van der Waals surface area contributed by atoms with E-state index >= 15 is 0 Å². The van der Waals surface area contributed by atoms with Gasteiger partial charge in [0.05, 0.1) is 6.10 Å². The third-order valence-corrected chi connectivity index (χ3v) is 5.69. The van der Waals surface area contributed by atoms with Crippen LogP contribution in [0.15, 0.2) is 0 Å². The van der Waals surface area contributed by atoms with E-state index in [0.717, 1.165) is 43.2 Å². The molecule has 110 valence electrons. The predicted molar refractivity (Wildman–Crippen MR) is 78.1 cm³/mol. The van der Waals surface area contributed by atoms with Crippen LogP contribution in [-0.2, 0) is 0 Å². The lowest BCUT2D eigenvalue weighted by atomic mass is 9.72. The molecule has 1 heterocycles. The fourth-order valence-electron chi connectivity index (χ4n) is 4.40. The van der Waals surface area contributed by atoms with E-state index in [1.54, 1.807) is 0 Å². The van der Waals surface area contributed by atoms with Crippen LogP contribution in [0.1, 0.15) is 46.0 Å². The molecule has 19 heavy (non-hydrogen) atoms. The fourth-order valence-corrected chi connectivity index (χ4v) is 4.40. The maximum absolute atomic E-state index is 9.38. The van der Waals surface area contributed by atoms with Crippen molar-refractivity contribution >= 4 is 0 Å². The molecular formula is C16H30N2O. The van der Waals surface area contributed by atoms with Gasteiger partial charge < -0.3 is 15.3 Å². The van der Waals surface area contributed by atoms with Crippen LogP contribution in [0, 0.1) is 17.8 Å². The zero-order chi connectivity index (χ0) is 13.4. The zero-order valence-electron chi connectivity index (χ0n) is 12.5. The molecule has 1 saturated heterocycles. The normalized spacial score (nSPS) is 43.3. The molecule has 3 heteroatoms. The van der Waals surface area contributed by atoms with Crippen LogP contribution in [0.2, 0.25) is 0 Å². The number of likely N-dealkylation sites (tertiary alicyclic amines) is 1. The van der Waals surface area contributed by atoms with Crippen LogP contribution in [0.4, 0.5) is 0 Å². The maximum atomic E-state index is 9.38. The minimum atomic E-state index is -0.00547. The molecule has 2 bridgehead atoms. The molecule has 0 radical (unpaired) electrons. The van der Waals surface area contributed by atoms with Gasteiger partial charge in [0.2, 0.25) is 0 Å². The van der Waals surface area contributed by atoms with Gasteiger partial charge in [-0.3, -0.25) is 0 Å². The number of rotatable bonds is 4. The first-order valence-electron chi connectivity index (χ1n) is 8.29. The topological polar surface area (TPSA) is 35.5 Å². The van der Waals surface area contributed by atoms with Crippen LogP contribution >= 0.6 is 0 Å². The van der Waals surface area contributed by atoms with Crippen LogP contribution < -0.4 is 5.32 Å². The third-order valence-electron chi connectivity index (χ3n) is 5.69. The van der Waals surface area contributed by atoms with Crippen LogP contribution in [0.3, 0.4) is 0 Å². The van der Waals surface area contributed by atoms with Crippen LogP contribution in [-0.4, -0.2) is 47.8 Å². The summed E-state index contributed by atoms with van der Waals surface area (Å²) in [4.78, 5) is 2.68. The van der Waals surface area contributed by atoms with Crippen LogP contribution in [0.25, 0.3) is 0 Å². The lowest BCUT2D eigenvalue weighted by molar-refractivity contribution is 0.0126. The average Bonchev–Trinajstić information content (AvgIpc) is 2.32. The van der Waals surface area contributed by atoms with E-state index in [1.807, 2.05) is 0 Å². The Hall–Kier alpha value is -0.120. The van der Waals surface area contributed by atoms with E-state index < -0.39 is 0 Å². The Balaban J connectivity index is 1.53. The van der Waals surface area contributed by atoms with Crippen molar-refractivity contribution in [3.8, 4) is 0 Å². The number of piperidine rings is 1. The van der Waals surface area contributed by atoms with Gasteiger partial charge in [0.25, 0.3) is 0 Å². The number of nitrogens with one attached hydrogen (secondary N) is 1. The monoisotopic (exact) mass is 266 g/mol. The molecule has 2 N–H and O–H groups in total. The SMILES string of the molecule is CC(C)N1CC2CCCC(C1)C2NCC1CC(O)C1. The standard InChI is InChI=1S/C16H30N2O/c1-11(2)18-9-13-4-3-5-14(10-18)16(13)17-8-12-6-15(19)7-12/h11-17,19H,3-10H2,1-2H3. The molecule has 2 aliphatic carbocycles. The van der Waals surface area contributed by atoms with Crippen LogP contribution in [0.5, 0.6) is 0 Å². The summed E-state index contributed by atoms with van der Waals surface area (Å²) in [5, 5.41) is 13.2. The summed E-state index contributed by atoms with van der Waals surface area (Å²) in [6.07, 6.45) is 6.28. The minimum Gasteiger partial charge on any atom is -0.393 e. The molecule has 3 aliphatic rings. The molecular weight excluding hydrogens is 236 g/mol. The average molecular weight is 266 g/mol. The second-order valence-corrected chi connectivity index (χ2v) is 7.42. The lowest BCUT2D eigenvalue weighted by Gasteiger charge is -2.49. The Kier molecular flexibility index (Phi) is 4.16. The summed E-state index contributed by atoms with van der Waals surface area (Å²) in [6.45, 7) is 8.38. The van der Waals surface area contributed by atoms with Gasteiger partial charge in [-0.2, -0.15) is 0 Å². The third kappa shape index (κ3) is 2.98. The number of aliphatic hydroxyl groups excluding tert-OH is 1. The zero-order valence-corrected chi connectivity index (χ0v) is 12.5. The van der Waals surface area contributed by atoms with Crippen molar-refractivity contribution in [1.29, 1.82) is 0 Å². The number of nitrogens with zero attached hydrogens (tertiary/aromatic N) is 1. The van der Waals surface area contributed by atoms with E-state index in [4.69, 9.17) is 0 Å². The van der Waals surface area contributed by atoms with Crippen molar-refractivity contribution in [3.63, 3.8) is 0 Å². The van der Waals surface area contributed by atoms with Gasteiger partial charge in [-0.05, 0) is 63.8 Å². The molecule has 1 aliphatic heterocycles. The molecule has 0 aromatic heterocycles. The van der Waals surface area contributed by atoms with Crippen molar-refractivity contribution < 1.29 is 5.11 Å². The summed E-state index contributed by atoms with van der Waals surface area (Å²) in [5.41, 5.74) is 0. The summed E-state index contributed by atoms with van der Waals surface area (Å²) < 4.78 is 0. The van der Waals surface area contributed by atoms with E-state index in [0.29, 0.717) is 6.04 Å². The minimum absolute atomic E-state index is 0.00547. The van der Waals surface area contributed by atoms with Gasteiger partial charge in [-0.1, -0.05) is 6.42 Å². The van der Waals surface area contributed by atoms with Crippen molar-refractivity contribution in [1.82, 2.24) is 10.2 Å². The summed E-state index contributed by atoms with van der Waals surface area (Å²) in [6, 6.07) is 1.45. The van der Waals surface area contributed by atoms with Crippen molar-refractivity contribution in [2.45, 2.75) is 64.1 Å². The highest BCUT2D eigenvalue weighted by Crippen LogP contribution is 2.36. The number of aliphatic hydroxyl groups is 1. The smallest absolute Gasteiger partial charge is 0.0546 e. The molecule has 0 aromatic rings. The molecule has 2 atom stereocenters. The quantitative estimate of drug-likeness (QED) is 0.815. The van der Waals surface area contributed by atoms with E-state index in [2.05, 4.69) is 24.1 Å². The van der Waals surface area contributed by atoms with E-state index in [9.17, 15) is 5.11 Å². The van der Waals surface area contributed by atoms with Gasteiger partial charge in [0.1, 0.15) is 0 Å². The first kappa shape index (κ1) is 13.8. The molecule has 3 fully saturated rings. The van der Waals surface area contributed by atoms with Gasteiger partial charge in [0, 0.05) is 25.2 Å². The van der Waals surface area contributed by atoms with Gasteiger partial charge in [-0.15, -0.1) is 0 Å². The van der Waals surface area contributed by atoms with Gasteiger partial charge in [-0.25, -0.2) is 0 Å². The largest absolute Gasteiger partial charge is 0.393 e. The Morgan fingerprint density at radius 2 is 1.79 bits per heavy atom. The molecule has 2 saturated carbocycles. The molecule has 0 amide bonds. The molecule has 3 rings (SSSR count). The van der Waals surface area contributed by atoms with E-state index in [-0.39, 0.29) is 6.10 Å². The van der Waals surface area contributed by atoms with E-state index in [1.165, 1.54) is 32.4 Å². The molecule has 3 nitrogen and oxygen atoms in total. The number of hydrogen-bond acceptors (Lipinski definition) is 3. The second kappa shape index (κ2) is 5.71.